The third-order valence-electron chi connectivity index (χ3n) is 6.25. The molecule has 2 nitrogen and oxygen atoms in total. The summed E-state index contributed by atoms with van der Waals surface area (Å²) in [5.41, 5.74) is 2.76. The van der Waals surface area contributed by atoms with Crippen LogP contribution in [0, 0.1) is 5.92 Å². The summed E-state index contributed by atoms with van der Waals surface area (Å²) in [6.45, 7) is 6.18. The van der Waals surface area contributed by atoms with Gasteiger partial charge >= 0.3 is 0 Å². The largest absolute Gasteiger partial charge is 0.361 e. The minimum absolute atomic E-state index is 0.996. The van der Waals surface area contributed by atoms with Gasteiger partial charge in [-0.1, -0.05) is 70.1 Å². The summed E-state index contributed by atoms with van der Waals surface area (Å²) in [4.78, 5) is 6.17. The van der Waals surface area contributed by atoms with E-state index in [0.29, 0.717) is 0 Å². The molecule has 1 heterocycles. The number of aromatic nitrogens is 1. The number of fused-ring (bicyclic) bond motifs is 1. The maximum atomic E-state index is 3.42. The second kappa shape index (κ2) is 10.8. The van der Waals surface area contributed by atoms with E-state index in [-0.39, 0.29) is 0 Å². The Labute approximate surface area is 160 Å². The van der Waals surface area contributed by atoms with Gasteiger partial charge in [-0.05, 0) is 62.9 Å². The van der Waals surface area contributed by atoms with Crippen molar-refractivity contribution in [1.29, 1.82) is 0 Å². The first-order valence-electron chi connectivity index (χ1n) is 11.1. The van der Waals surface area contributed by atoms with E-state index in [0.717, 1.165) is 5.92 Å². The zero-order valence-electron chi connectivity index (χ0n) is 16.8. The third-order valence-corrected chi connectivity index (χ3v) is 6.25. The summed E-state index contributed by atoms with van der Waals surface area (Å²) < 4.78 is 0. The van der Waals surface area contributed by atoms with Crippen LogP contribution in [0.1, 0.15) is 76.7 Å². The van der Waals surface area contributed by atoms with Gasteiger partial charge in [0.2, 0.25) is 0 Å². The quantitative estimate of drug-likeness (QED) is 0.478. The molecule has 1 aromatic carbocycles. The van der Waals surface area contributed by atoms with Gasteiger partial charge < -0.3 is 9.88 Å². The molecule has 0 radical (unpaired) electrons. The Kier molecular flexibility index (Phi) is 8.07. The minimum atomic E-state index is 0.996. The third kappa shape index (κ3) is 5.87. The van der Waals surface area contributed by atoms with E-state index < -0.39 is 0 Å². The molecule has 2 aromatic rings. The number of aryl methyl sites for hydroxylation is 1. The molecule has 144 valence electrons. The number of para-hydroxylation sites is 1. The molecule has 0 saturated heterocycles. The molecular formula is C24H38N2. The highest BCUT2D eigenvalue weighted by Gasteiger charge is 2.14. The Hall–Kier alpha value is -1.28. The van der Waals surface area contributed by atoms with Gasteiger partial charge in [0.05, 0.1) is 0 Å². The highest BCUT2D eigenvalue weighted by Crippen LogP contribution is 2.26. The van der Waals surface area contributed by atoms with Gasteiger partial charge in [-0.15, -0.1) is 0 Å². The summed E-state index contributed by atoms with van der Waals surface area (Å²) in [5, 5.41) is 1.41. The number of aromatic amines is 1. The maximum Gasteiger partial charge on any atom is 0.0456 e. The van der Waals surface area contributed by atoms with Crippen molar-refractivity contribution in [3.05, 3.63) is 36.0 Å². The number of benzene rings is 1. The molecule has 0 aliphatic heterocycles. The summed E-state index contributed by atoms with van der Waals surface area (Å²) in [7, 11) is 0. The van der Waals surface area contributed by atoms with E-state index in [1.54, 1.807) is 0 Å². The number of nitrogens with zero attached hydrogens (tertiary/aromatic N) is 1. The Morgan fingerprint density at radius 3 is 2.54 bits per heavy atom. The van der Waals surface area contributed by atoms with Crippen molar-refractivity contribution in [3.8, 4) is 0 Å². The van der Waals surface area contributed by atoms with E-state index in [4.69, 9.17) is 0 Å². The van der Waals surface area contributed by atoms with Crippen molar-refractivity contribution < 1.29 is 0 Å². The summed E-state index contributed by atoms with van der Waals surface area (Å²) in [6.07, 6.45) is 17.6. The number of H-pyrrole nitrogens is 1. The molecule has 0 spiro atoms. The molecule has 3 rings (SSSR count). The average Bonchev–Trinajstić information content (AvgIpc) is 2.90. The normalized spacial score (nSPS) is 16.4. The van der Waals surface area contributed by atoms with E-state index >= 15 is 0 Å². The molecule has 0 amide bonds. The number of hydrogen-bond donors (Lipinski definition) is 1. The van der Waals surface area contributed by atoms with E-state index in [1.165, 1.54) is 107 Å². The van der Waals surface area contributed by atoms with Crippen molar-refractivity contribution in [2.45, 2.75) is 77.6 Å². The second-order valence-electron chi connectivity index (χ2n) is 8.30. The number of unbranched alkanes of at least 4 members (excludes halogenated alkanes) is 1. The first kappa shape index (κ1) is 19.5. The summed E-state index contributed by atoms with van der Waals surface area (Å²) in [5.74, 6) is 0.996. The fourth-order valence-electron chi connectivity index (χ4n) is 4.57. The van der Waals surface area contributed by atoms with Crippen molar-refractivity contribution in [1.82, 2.24) is 9.88 Å². The van der Waals surface area contributed by atoms with Crippen molar-refractivity contribution >= 4 is 10.9 Å². The van der Waals surface area contributed by atoms with Gasteiger partial charge in [-0.2, -0.15) is 0 Å². The molecular weight excluding hydrogens is 316 g/mol. The van der Waals surface area contributed by atoms with Crippen LogP contribution in [0.4, 0.5) is 0 Å². The lowest BCUT2D eigenvalue weighted by atomic mass is 9.96. The summed E-state index contributed by atoms with van der Waals surface area (Å²) >= 11 is 0. The van der Waals surface area contributed by atoms with E-state index in [2.05, 4.69) is 47.3 Å². The average molecular weight is 355 g/mol. The predicted octanol–water partition coefficient (Wildman–Crippen LogP) is 6.56. The van der Waals surface area contributed by atoms with Gasteiger partial charge in [0.15, 0.2) is 0 Å². The predicted molar refractivity (Wildman–Crippen MR) is 114 cm³/mol. The SMILES string of the molecule is CCCCN(CCCc1c[nH]c2ccccc12)CCC1CCCCCC1. The zero-order valence-corrected chi connectivity index (χ0v) is 16.8. The van der Waals surface area contributed by atoms with Crippen LogP contribution in [0.3, 0.4) is 0 Å². The first-order chi connectivity index (χ1) is 12.9. The topological polar surface area (TPSA) is 19.0 Å². The molecule has 26 heavy (non-hydrogen) atoms. The maximum absolute atomic E-state index is 3.42. The van der Waals surface area contributed by atoms with Crippen LogP contribution in [0.15, 0.2) is 30.5 Å². The van der Waals surface area contributed by atoms with Crippen LogP contribution >= 0.6 is 0 Å². The number of hydrogen-bond acceptors (Lipinski definition) is 1. The van der Waals surface area contributed by atoms with Crippen molar-refractivity contribution in [3.63, 3.8) is 0 Å². The molecule has 1 aliphatic carbocycles. The fourth-order valence-corrected chi connectivity index (χ4v) is 4.57. The lowest BCUT2D eigenvalue weighted by Gasteiger charge is -2.24. The Bertz CT molecular complexity index is 622. The molecule has 0 bridgehead atoms. The zero-order chi connectivity index (χ0) is 18.0. The first-order valence-corrected chi connectivity index (χ1v) is 11.1. The van der Waals surface area contributed by atoms with Gasteiger partial charge in [-0.25, -0.2) is 0 Å². The smallest absolute Gasteiger partial charge is 0.0456 e. The number of rotatable bonds is 10. The van der Waals surface area contributed by atoms with Crippen molar-refractivity contribution in [2.75, 3.05) is 19.6 Å². The van der Waals surface area contributed by atoms with Crippen molar-refractivity contribution in [2.24, 2.45) is 5.92 Å². The number of nitrogens with one attached hydrogen (secondary N) is 1. The van der Waals surface area contributed by atoms with Gasteiger partial charge in [-0.3, -0.25) is 0 Å². The molecule has 1 aromatic heterocycles. The molecule has 1 aliphatic rings. The summed E-state index contributed by atoms with van der Waals surface area (Å²) in [6, 6.07) is 8.70. The standard InChI is InChI=1S/C24H38N2/c1-2-3-17-26(19-16-21-11-6-4-5-7-12-21)18-10-13-22-20-25-24-15-9-8-14-23(22)24/h8-9,14-15,20-21,25H,2-7,10-13,16-19H2,1H3. The Morgan fingerprint density at radius 2 is 1.73 bits per heavy atom. The lowest BCUT2D eigenvalue weighted by molar-refractivity contribution is 0.239. The Morgan fingerprint density at radius 1 is 0.962 bits per heavy atom. The molecule has 2 heteroatoms. The van der Waals surface area contributed by atoms with Crippen LogP contribution in [0.2, 0.25) is 0 Å². The molecule has 0 unspecified atom stereocenters. The molecule has 1 saturated carbocycles. The highest BCUT2D eigenvalue weighted by atomic mass is 15.1. The molecule has 0 atom stereocenters. The fraction of sp³-hybridized carbons (Fsp3) is 0.667. The van der Waals surface area contributed by atoms with Gasteiger partial charge in [0.25, 0.3) is 0 Å². The van der Waals surface area contributed by atoms with Crippen LogP contribution in [0.25, 0.3) is 10.9 Å². The highest BCUT2D eigenvalue weighted by molar-refractivity contribution is 5.82. The minimum Gasteiger partial charge on any atom is -0.361 e. The Balaban J connectivity index is 1.46. The van der Waals surface area contributed by atoms with Crippen LogP contribution < -0.4 is 0 Å². The molecule has 1 fully saturated rings. The van der Waals surface area contributed by atoms with Gasteiger partial charge in [0, 0.05) is 17.1 Å². The van der Waals surface area contributed by atoms with Crippen LogP contribution in [-0.4, -0.2) is 29.5 Å². The monoisotopic (exact) mass is 354 g/mol. The van der Waals surface area contributed by atoms with Crippen LogP contribution in [0.5, 0.6) is 0 Å². The van der Waals surface area contributed by atoms with E-state index in [9.17, 15) is 0 Å². The second-order valence-corrected chi connectivity index (χ2v) is 8.30. The van der Waals surface area contributed by atoms with Crippen LogP contribution in [-0.2, 0) is 6.42 Å². The lowest BCUT2D eigenvalue weighted by Crippen LogP contribution is -2.29. The van der Waals surface area contributed by atoms with E-state index in [1.807, 2.05) is 0 Å². The van der Waals surface area contributed by atoms with Gasteiger partial charge in [0.1, 0.15) is 0 Å². The molecule has 1 N–H and O–H groups in total.